The third kappa shape index (κ3) is 8.30. The second-order valence-corrected chi connectivity index (χ2v) is 6.85. The molecule has 0 saturated heterocycles. The minimum atomic E-state index is -0.667. The van der Waals surface area contributed by atoms with E-state index >= 15 is 0 Å². The van der Waals surface area contributed by atoms with E-state index in [9.17, 15) is 20.1 Å². The van der Waals surface area contributed by atoms with Crippen LogP contribution >= 0.6 is 0 Å². The van der Waals surface area contributed by atoms with Crippen LogP contribution in [0.2, 0.25) is 0 Å². The summed E-state index contributed by atoms with van der Waals surface area (Å²) < 4.78 is 4.57. The Hall–Kier alpha value is -1.43. The molecule has 1 fully saturated rings. The Balaban J connectivity index is 2.49. The predicted octanol–water partition coefficient (Wildman–Crippen LogP) is 2.91. The lowest BCUT2D eigenvalue weighted by Gasteiger charge is -2.19. The van der Waals surface area contributed by atoms with Crippen LogP contribution in [-0.2, 0) is 9.53 Å². The number of aliphatic hydroxyl groups excluding tert-OH is 3. The van der Waals surface area contributed by atoms with Crippen molar-refractivity contribution < 1.29 is 24.9 Å². The van der Waals surface area contributed by atoms with Gasteiger partial charge >= 0.3 is 5.97 Å². The summed E-state index contributed by atoms with van der Waals surface area (Å²) >= 11 is 0. The van der Waals surface area contributed by atoms with Crippen LogP contribution in [0.4, 0.5) is 0 Å². The number of hydrogen-bond donors (Lipinski definition) is 3. The van der Waals surface area contributed by atoms with Crippen molar-refractivity contribution in [1.29, 1.82) is 0 Å². The Morgan fingerprint density at radius 2 is 1.92 bits per heavy atom. The molecule has 0 bridgehead atoms. The van der Waals surface area contributed by atoms with E-state index in [-0.39, 0.29) is 24.2 Å². The fourth-order valence-electron chi connectivity index (χ4n) is 3.31. The van der Waals surface area contributed by atoms with E-state index in [1.54, 1.807) is 6.08 Å². The van der Waals surface area contributed by atoms with Crippen molar-refractivity contribution in [2.45, 2.75) is 70.2 Å². The molecule has 5 nitrogen and oxygen atoms in total. The van der Waals surface area contributed by atoms with E-state index in [2.05, 4.69) is 36.0 Å². The van der Waals surface area contributed by atoms with Gasteiger partial charge in [0.05, 0.1) is 25.4 Å². The predicted molar refractivity (Wildman–Crippen MR) is 102 cm³/mol. The second kappa shape index (κ2) is 12.8. The number of carbonyl (C=O) groups is 1. The molecule has 1 aliphatic carbocycles. The van der Waals surface area contributed by atoms with Gasteiger partial charge in [0.25, 0.3) is 0 Å². The summed E-state index contributed by atoms with van der Waals surface area (Å²) in [7, 11) is 1.35. The first-order valence-corrected chi connectivity index (χ1v) is 9.58. The quantitative estimate of drug-likeness (QED) is 0.387. The average molecular weight is 366 g/mol. The molecule has 0 aromatic carbocycles. The van der Waals surface area contributed by atoms with E-state index in [0.717, 1.165) is 12.8 Å². The van der Waals surface area contributed by atoms with Crippen LogP contribution in [0.3, 0.4) is 0 Å². The van der Waals surface area contributed by atoms with Crippen LogP contribution in [0.15, 0.2) is 36.5 Å². The van der Waals surface area contributed by atoms with Gasteiger partial charge in [0.15, 0.2) is 0 Å². The summed E-state index contributed by atoms with van der Waals surface area (Å²) in [5, 5.41) is 30.4. The van der Waals surface area contributed by atoms with E-state index in [4.69, 9.17) is 0 Å². The highest BCUT2D eigenvalue weighted by Gasteiger charge is 2.39. The summed E-state index contributed by atoms with van der Waals surface area (Å²) in [6, 6.07) is 0. The van der Waals surface area contributed by atoms with Crippen LogP contribution in [0.1, 0.15) is 51.9 Å². The molecular formula is C21H34O5. The van der Waals surface area contributed by atoms with Crippen LogP contribution in [0.25, 0.3) is 0 Å². The van der Waals surface area contributed by atoms with E-state index in [0.29, 0.717) is 25.7 Å². The van der Waals surface area contributed by atoms with Gasteiger partial charge in [-0.3, -0.25) is 4.79 Å². The zero-order chi connectivity index (χ0) is 19.4. The first kappa shape index (κ1) is 22.6. The van der Waals surface area contributed by atoms with Crippen molar-refractivity contribution in [1.82, 2.24) is 0 Å². The molecule has 1 rings (SSSR count). The molecule has 0 aliphatic heterocycles. The molecule has 0 heterocycles. The van der Waals surface area contributed by atoms with E-state index < -0.39 is 18.3 Å². The lowest BCUT2D eigenvalue weighted by Crippen LogP contribution is -2.20. The van der Waals surface area contributed by atoms with Gasteiger partial charge in [-0.2, -0.15) is 0 Å². The summed E-state index contributed by atoms with van der Waals surface area (Å²) in [5.41, 5.74) is 0. The maximum absolute atomic E-state index is 11.1. The Morgan fingerprint density at radius 1 is 1.19 bits per heavy atom. The number of esters is 1. The molecule has 5 atom stereocenters. The molecular weight excluding hydrogens is 332 g/mol. The maximum Gasteiger partial charge on any atom is 0.305 e. The fraction of sp³-hybridized carbons (Fsp3) is 0.667. The van der Waals surface area contributed by atoms with Crippen molar-refractivity contribution >= 4 is 5.97 Å². The number of aliphatic hydroxyl groups is 3. The molecule has 0 spiro atoms. The standard InChI is InChI=1S/C21H34O5/c1-3-4-5-6-7-8-11-17-18(20(24)15-19(17)23)14-13-16(22)10-9-12-21(25)26-2/h4-5,7-8,13-14,16-20,22-24H,3,6,9-12,15H2,1-2H3/b5-4-,8-7-,14-13+/t16-,17-,18+,19+,20-/m0/s1. The topological polar surface area (TPSA) is 87.0 Å². The normalized spacial score (nSPS) is 27.7. The number of allylic oxidation sites excluding steroid dienone is 4. The maximum atomic E-state index is 11.1. The van der Waals surface area contributed by atoms with Crippen molar-refractivity contribution in [3.8, 4) is 0 Å². The Morgan fingerprint density at radius 3 is 2.62 bits per heavy atom. The van der Waals surface area contributed by atoms with E-state index in [1.165, 1.54) is 7.11 Å². The number of hydrogen-bond acceptors (Lipinski definition) is 5. The molecule has 1 saturated carbocycles. The monoisotopic (exact) mass is 366 g/mol. The first-order chi connectivity index (χ1) is 12.5. The number of ether oxygens (including phenoxy) is 1. The molecule has 1 aliphatic rings. The second-order valence-electron chi connectivity index (χ2n) is 6.85. The first-order valence-electron chi connectivity index (χ1n) is 9.58. The number of rotatable bonds is 11. The van der Waals surface area contributed by atoms with Gasteiger partial charge in [0.2, 0.25) is 0 Å². The number of carbonyl (C=O) groups excluding carboxylic acids is 1. The molecule has 0 aromatic rings. The minimum Gasteiger partial charge on any atom is -0.469 e. The third-order valence-corrected chi connectivity index (χ3v) is 4.83. The summed E-state index contributed by atoms with van der Waals surface area (Å²) in [4.78, 5) is 11.1. The SMILES string of the molecule is CC/C=C\C/C=C\C[C@H]1[C@@H](/C=C/[C@@H](O)CCCC(=O)OC)[C@@H](O)C[C@H]1O. The van der Waals surface area contributed by atoms with Crippen LogP contribution in [0, 0.1) is 11.8 Å². The van der Waals surface area contributed by atoms with Crippen molar-refractivity contribution in [2.75, 3.05) is 7.11 Å². The van der Waals surface area contributed by atoms with E-state index in [1.807, 2.05) is 6.08 Å². The Labute approximate surface area is 157 Å². The molecule has 0 amide bonds. The fourth-order valence-corrected chi connectivity index (χ4v) is 3.31. The zero-order valence-corrected chi connectivity index (χ0v) is 16.0. The molecule has 0 aromatic heterocycles. The highest BCUT2D eigenvalue weighted by Crippen LogP contribution is 2.36. The molecule has 26 heavy (non-hydrogen) atoms. The lowest BCUT2D eigenvalue weighted by atomic mass is 9.89. The van der Waals surface area contributed by atoms with Crippen LogP contribution in [0.5, 0.6) is 0 Å². The summed E-state index contributed by atoms with van der Waals surface area (Å²) in [5.74, 6) is -0.498. The van der Waals surface area contributed by atoms with Gasteiger partial charge in [0, 0.05) is 18.8 Å². The van der Waals surface area contributed by atoms with Crippen molar-refractivity contribution in [3.05, 3.63) is 36.5 Å². The zero-order valence-electron chi connectivity index (χ0n) is 16.0. The molecule has 0 radical (unpaired) electrons. The van der Waals surface area contributed by atoms with Gasteiger partial charge in [-0.1, -0.05) is 43.4 Å². The molecule has 3 N–H and O–H groups in total. The van der Waals surface area contributed by atoms with Gasteiger partial charge in [-0.25, -0.2) is 0 Å². The van der Waals surface area contributed by atoms with Crippen molar-refractivity contribution in [3.63, 3.8) is 0 Å². The third-order valence-electron chi connectivity index (χ3n) is 4.83. The summed E-state index contributed by atoms with van der Waals surface area (Å²) in [6.07, 6.45) is 14.3. The Kier molecular flexibility index (Phi) is 11.2. The molecule has 0 unspecified atom stereocenters. The van der Waals surface area contributed by atoms with Crippen LogP contribution < -0.4 is 0 Å². The average Bonchev–Trinajstić information content (AvgIpc) is 2.88. The number of methoxy groups -OCH3 is 1. The van der Waals surface area contributed by atoms with Gasteiger partial charge in [0.1, 0.15) is 0 Å². The van der Waals surface area contributed by atoms with Crippen molar-refractivity contribution in [2.24, 2.45) is 11.8 Å². The van der Waals surface area contributed by atoms with Gasteiger partial charge in [-0.15, -0.1) is 0 Å². The van der Waals surface area contributed by atoms with Gasteiger partial charge < -0.3 is 20.1 Å². The summed E-state index contributed by atoms with van der Waals surface area (Å²) in [6.45, 7) is 2.09. The Bertz CT molecular complexity index is 483. The smallest absolute Gasteiger partial charge is 0.305 e. The molecule has 5 heteroatoms. The molecule has 148 valence electrons. The highest BCUT2D eigenvalue weighted by molar-refractivity contribution is 5.68. The lowest BCUT2D eigenvalue weighted by molar-refractivity contribution is -0.140. The largest absolute Gasteiger partial charge is 0.469 e. The van der Waals surface area contributed by atoms with Crippen LogP contribution in [-0.4, -0.2) is 46.7 Å². The highest BCUT2D eigenvalue weighted by atomic mass is 16.5. The van der Waals surface area contributed by atoms with Gasteiger partial charge in [-0.05, 0) is 38.0 Å². The minimum absolute atomic E-state index is 0.0464.